The molecule has 6 heteroatoms. The molecule has 2 aliphatic rings. The van der Waals surface area contributed by atoms with E-state index >= 15 is 0 Å². The molecule has 0 atom stereocenters. The molecule has 0 saturated heterocycles. The van der Waals surface area contributed by atoms with Gasteiger partial charge in [0.1, 0.15) is 17.4 Å². The fourth-order valence-corrected chi connectivity index (χ4v) is 4.90. The lowest BCUT2D eigenvalue weighted by Gasteiger charge is -2.28. The van der Waals surface area contributed by atoms with Crippen molar-refractivity contribution in [3.8, 4) is 5.75 Å². The van der Waals surface area contributed by atoms with Crippen molar-refractivity contribution < 1.29 is 26.7 Å². The van der Waals surface area contributed by atoms with Gasteiger partial charge in [0.25, 0.3) is 0 Å². The van der Waals surface area contributed by atoms with Gasteiger partial charge in [-0.15, -0.1) is 13.2 Å². The summed E-state index contributed by atoms with van der Waals surface area (Å²) in [6.07, 6.45) is 2.87. The molecule has 2 aromatic rings. The number of fused-ring (bicyclic) bond motifs is 1. The Kier molecular flexibility index (Phi) is 6.09. The fourth-order valence-electron chi connectivity index (χ4n) is 4.90. The number of allylic oxidation sites excluding steroid dienone is 1. The molecule has 0 radical (unpaired) electrons. The molecule has 0 aromatic heterocycles. The van der Waals surface area contributed by atoms with Gasteiger partial charge in [0, 0.05) is 5.56 Å². The number of aryl methyl sites for hydroxylation is 1. The summed E-state index contributed by atoms with van der Waals surface area (Å²) in [5.74, 6) is -0.532. The number of alkyl halides is 3. The predicted octanol–water partition coefficient (Wildman–Crippen LogP) is 8.03. The minimum absolute atomic E-state index is 0.0349. The van der Waals surface area contributed by atoms with E-state index < -0.39 is 18.0 Å². The van der Waals surface area contributed by atoms with Gasteiger partial charge >= 0.3 is 6.36 Å². The van der Waals surface area contributed by atoms with Crippen molar-refractivity contribution in [2.45, 2.75) is 64.1 Å². The molecule has 166 valence electrons. The van der Waals surface area contributed by atoms with E-state index in [1.807, 2.05) is 0 Å². The van der Waals surface area contributed by atoms with Crippen LogP contribution in [0.15, 0.2) is 30.3 Å². The van der Waals surface area contributed by atoms with Gasteiger partial charge in [0.2, 0.25) is 0 Å². The summed E-state index contributed by atoms with van der Waals surface area (Å²) in [6, 6.07) is 6.97. The number of hydrogen-bond acceptors (Lipinski definition) is 1. The van der Waals surface area contributed by atoms with Crippen LogP contribution in [0.3, 0.4) is 0 Å². The van der Waals surface area contributed by atoms with Gasteiger partial charge in [-0.05, 0) is 96.9 Å². The first-order valence-corrected chi connectivity index (χ1v) is 10.8. The Hall–Kier alpha value is -2.37. The van der Waals surface area contributed by atoms with Crippen molar-refractivity contribution in [2.24, 2.45) is 5.92 Å². The highest BCUT2D eigenvalue weighted by molar-refractivity contribution is 5.85. The smallest absolute Gasteiger partial charge is 0.406 e. The van der Waals surface area contributed by atoms with Gasteiger partial charge in [-0.25, -0.2) is 8.78 Å². The van der Waals surface area contributed by atoms with Gasteiger partial charge in [0.05, 0.1) is 0 Å². The second-order valence-corrected chi connectivity index (χ2v) is 8.56. The molecule has 0 aliphatic heterocycles. The van der Waals surface area contributed by atoms with E-state index in [0.717, 1.165) is 37.7 Å². The summed E-state index contributed by atoms with van der Waals surface area (Å²) < 4.78 is 71.2. The second-order valence-electron chi connectivity index (χ2n) is 8.56. The Bertz CT molecular complexity index is 961. The van der Waals surface area contributed by atoms with E-state index in [1.54, 1.807) is 6.08 Å². The Morgan fingerprint density at radius 3 is 2.23 bits per heavy atom. The summed E-state index contributed by atoms with van der Waals surface area (Å²) >= 11 is 0. The van der Waals surface area contributed by atoms with E-state index in [9.17, 15) is 22.0 Å². The monoisotopic (exact) mass is 436 g/mol. The molecule has 0 bridgehead atoms. The average Bonchev–Trinajstić information content (AvgIpc) is 2.72. The van der Waals surface area contributed by atoms with Crippen molar-refractivity contribution >= 4 is 11.6 Å². The summed E-state index contributed by atoms with van der Waals surface area (Å²) in [5.41, 5.74) is 2.52. The maximum atomic E-state index is 15.0. The molecule has 31 heavy (non-hydrogen) atoms. The van der Waals surface area contributed by atoms with Gasteiger partial charge in [-0.2, -0.15) is 0 Å². The summed E-state index contributed by atoms with van der Waals surface area (Å²) in [6.45, 7) is 2.18. The lowest BCUT2D eigenvalue weighted by atomic mass is 9.77. The van der Waals surface area contributed by atoms with Crippen molar-refractivity contribution in [3.63, 3.8) is 0 Å². The molecular weight excluding hydrogens is 411 g/mol. The van der Waals surface area contributed by atoms with Crippen molar-refractivity contribution in [3.05, 3.63) is 64.2 Å². The van der Waals surface area contributed by atoms with Crippen LogP contribution in [0.4, 0.5) is 22.0 Å². The maximum absolute atomic E-state index is 15.0. The Morgan fingerprint density at radius 1 is 0.935 bits per heavy atom. The van der Waals surface area contributed by atoms with Crippen LogP contribution in [0.25, 0.3) is 11.6 Å². The molecule has 0 N–H and O–H groups in total. The van der Waals surface area contributed by atoms with Crippen LogP contribution in [-0.4, -0.2) is 6.36 Å². The Labute approximate surface area is 178 Å². The van der Waals surface area contributed by atoms with Gasteiger partial charge in [-0.3, -0.25) is 0 Å². The minimum Gasteiger partial charge on any atom is -0.406 e. The van der Waals surface area contributed by atoms with Gasteiger partial charge < -0.3 is 4.74 Å². The largest absolute Gasteiger partial charge is 0.573 e. The third-order valence-electron chi connectivity index (χ3n) is 6.62. The van der Waals surface area contributed by atoms with Crippen molar-refractivity contribution in [1.82, 2.24) is 0 Å². The molecule has 0 spiro atoms. The molecule has 4 rings (SSSR count). The molecule has 0 heterocycles. The summed E-state index contributed by atoms with van der Waals surface area (Å²) in [5, 5.41) is 0. The molecule has 2 aromatic carbocycles. The number of halogens is 5. The Balaban J connectivity index is 1.57. The first-order valence-electron chi connectivity index (χ1n) is 10.8. The third kappa shape index (κ3) is 4.94. The van der Waals surface area contributed by atoms with Gasteiger partial charge in [0.15, 0.2) is 0 Å². The predicted molar refractivity (Wildman–Crippen MR) is 111 cm³/mol. The normalized spacial score (nSPS) is 21.4. The van der Waals surface area contributed by atoms with Crippen LogP contribution < -0.4 is 4.74 Å². The fraction of sp³-hybridized carbons (Fsp3) is 0.440. The zero-order chi connectivity index (χ0) is 22.2. The molecule has 1 nitrogen and oxygen atoms in total. The Morgan fingerprint density at radius 2 is 1.61 bits per heavy atom. The summed E-state index contributed by atoms with van der Waals surface area (Å²) in [4.78, 5) is 0. The molecule has 1 fully saturated rings. The van der Waals surface area contributed by atoms with Crippen LogP contribution in [0.1, 0.15) is 73.6 Å². The number of rotatable bonds is 4. The molecule has 0 unspecified atom stereocenters. The highest BCUT2D eigenvalue weighted by Crippen LogP contribution is 2.40. The minimum atomic E-state index is -4.76. The quantitative estimate of drug-likeness (QED) is 0.441. The maximum Gasteiger partial charge on any atom is 0.573 e. The standard InChI is InChI=1S/C25H25F5O/c1-2-15-3-5-16(6-4-15)20-13-22(26)24(23(27)14-20)19-8-7-18-12-21(31-25(28,29)30)10-9-17(18)11-19/h9-16H,2-8H2,1H3. The van der Waals surface area contributed by atoms with E-state index in [1.165, 1.54) is 30.3 Å². The van der Waals surface area contributed by atoms with Crippen LogP contribution in [0, 0.1) is 17.6 Å². The average molecular weight is 436 g/mol. The SMILES string of the molecule is CCC1CCC(c2cc(F)c(C3=Cc4ccc(OC(F)(F)F)cc4CC3)c(F)c2)CC1. The summed E-state index contributed by atoms with van der Waals surface area (Å²) in [7, 11) is 0. The lowest BCUT2D eigenvalue weighted by Crippen LogP contribution is -2.17. The highest BCUT2D eigenvalue weighted by Gasteiger charge is 2.31. The first-order chi connectivity index (χ1) is 14.7. The van der Waals surface area contributed by atoms with Crippen molar-refractivity contribution in [2.75, 3.05) is 0 Å². The molecular formula is C25H25F5O. The number of ether oxygens (including phenoxy) is 1. The lowest BCUT2D eigenvalue weighted by molar-refractivity contribution is -0.274. The molecule has 2 aliphatic carbocycles. The molecule has 0 amide bonds. The van der Waals surface area contributed by atoms with Crippen LogP contribution in [0.5, 0.6) is 5.75 Å². The zero-order valence-corrected chi connectivity index (χ0v) is 17.4. The highest BCUT2D eigenvalue weighted by atomic mass is 19.4. The van der Waals surface area contributed by atoms with E-state index in [-0.39, 0.29) is 17.2 Å². The van der Waals surface area contributed by atoms with Crippen LogP contribution in [-0.2, 0) is 6.42 Å². The van der Waals surface area contributed by atoms with E-state index in [0.29, 0.717) is 35.5 Å². The topological polar surface area (TPSA) is 9.23 Å². The first kappa shape index (κ1) is 21.8. The van der Waals surface area contributed by atoms with E-state index in [4.69, 9.17) is 0 Å². The third-order valence-corrected chi connectivity index (χ3v) is 6.62. The second kappa shape index (κ2) is 8.64. The van der Waals surface area contributed by atoms with Crippen LogP contribution >= 0.6 is 0 Å². The van der Waals surface area contributed by atoms with Crippen LogP contribution in [0.2, 0.25) is 0 Å². The van der Waals surface area contributed by atoms with E-state index in [2.05, 4.69) is 11.7 Å². The zero-order valence-electron chi connectivity index (χ0n) is 17.4. The number of benzene rings is 2. The number of hydrogen-bond donors (Lipinski definition) is 0. The van der Waals surface area contributed by atoms with Crippen molar-refractivity contribution in [1.29, 1.82) is 0 Å². The molecule has 1 saturated carbocycles. The van der Waals surface area contributed by atoms with Gasteiger partial charge in [-0.1, -0.05) is 25.5 Å².